The molecule has 0 spiro atoms. The van der Waals surface area contributed by atoms with Crippen LogP contribution >= 0.6 is 0 Å². The Morgan fingerprint density at radius 2 is 2.10 bits per heavy atom. The monoisotopic (exact) mass is 274 g/mol. The lowest BCUT2D eigenvalue weighted by atomic mass is 10.3. The first-order valence-corrected chi connectivity index (χ1v) is 6.90. The maximum absolute atomic E-state index is 5.35. The predicted molar refractivity (Wildman–Crippen MR) is 77.9 cm³/mol. The van der Waals surface area contributed by atoms with Crippen LogP contribution < -0.4 is 5.32 Å². The second kappa shape index (κ2) is 7.17. The van der Waals surface area contributed by atoms with Crippen LogP contribution in [-0.2, 0) is 19.6 Å². The Bertz CT molecular complexity index is 510. The van der Waals surface area contributed by atoms with E-state index in [9.17, 15) is 0 Å². The average molecular weight is 274 g/mol. The van der Waals surface area contributed by atoms with Crippen molar-refractivity contribution < 1.29 is 4.52 Å². The lowest BCUT2D eigenvalue weighted by Gasteiger charge is -2.13. The van der Waals surface area contributed by atoms with Crippen LogP contribution in [0.5, 0.6) is 0 Å². The third-order valence-electron chi connectivity index (χ3n) is 2.88. The number of aromatic nitrogens is 2. The number of nitrogens with zero attached hydrogens (tertiary/aromatic N) is 3. The minimum Gasteiger partial charge on any atom is -0.360 e. The molecule has 0 atom stereocenters. The third-order valence-corrected chi connectivity index (χ3v) is 2.88. The summed E-state index contributed by atoms with van der Waals surface area (Å²) >= 11 is 0. The zero-order valence-corrected chi connectivity index (χ0v) is 12.3. The molecule has 5 nitrogen and oxygen atoms in total. The molecule has 0 fully saturated rings. The van der Waals surface area contributed by atoms with Crippen molar-refractivity contribution in [3.63, 3.8) is 0 Å². The molecule has 0 aliphatic heterocycles. The molecule has 2 aromatic rings. The van der Waals surface area contributed by atoms with Gasteiger partial charge in [-0.1, -0.05) is 25.1 Å². The van der Waals surface area contributed by atoms with E-state index >= 15 is 0 Å². The molecule has 108 valence electrons. The number of rotatable bonds is 7. The zero-order valence-electron chi connectivity index (χ0n) is 12.3. The number of hydrogen-bond acceptors (Lipinski definition) is 5. The Kier molecular flexibility index (Phi) is 5.26. The highest BCUT2D eigenvalue weighted by Crippen LogP contribution is 2.08. The molecule has 0 bridgehead atoms. The van der Waals surface area contributed by atoms with Gasteiger partial charge in [-0.2, -0.15) is 0 Å². The van der Waals surface area contributed by atoms with Crippen LogP contribution in [0.1, 0.15) is 31.0 Å². The molecule has 0 saturated heterocycles. The third kappa shape index (κ3) is 4.75. The summed E-state index contributed by atoms with van der Waals surface area (Å²) in [6.45, 7) is 6.49. The van der Waals surface area contributed by atoms with Crippen molar-refractivity contribution in [3.8, 4) is 0 Å². The molecule has 0 unspecified atom stereocenters. The van der Waals surface area contributed by atoms with Gasteiger partial charge in [-0.05, 0) is 19.2 Å². The molecule has 0 aromatic carbocycles. The number of nitrogens with one attached hydrogen (secondary N) is 1. The lowest BCUT2D eigenvalue weighted by molar-refractivity contribution is 0.263. The highest BCUT2D eigenvalue weighted by atomic mass is 16.5. The van der Waals surface area contributed by atoms with Gasteiger partial charge in [0.15, 0.2) is 5.76 Å². The van der Waals surface area contributed by atoms with Gasteiger partial charge in [-0.25, -0.2) is 0 Å². The number of pyridine rings is 1. The molecule has 0 radical (unpaired) electrons. The Morgan fingerprint density at radius 3 is 2.80 bits per heavy atom. The SMILES string of the molecule is CC(C)NCc1cc(CN(C)Cc2ccccn2)on1. The molecular formula is C15H22N4O. The Balaban J connectivity index is 1.83. The zero-order chi connectivity index (χ0) is 14.4. The molecule has 2 heterocycles. The second-order valence-electron chi connectivity index (χ2n) is 5.31. The van der Waals surface area contributed by atoms with Gasteiger partial charge in [0.2, 0.25) is 0 Å². The Labute approximate surface area is 120 Å². The van der Waals surface area contributed by atoms with Gasteiger partial charge in [-0.3, -0.25) is 9.88 Å². The summed E-state index contributed by atoms with van der Waals surface area (Å²) < 4.78 is 5.35. The molecule has 2 aromatic heterocycles. The van der Waals surface area contributed by atoms with Crippen molar-refractivity contribution in [2.24, 2.45) is 0 Å². The van der Waals surface area contributed by atoms with Crippen molar-refractivity contribution in [2.75, 3.05) is 7.05 Å². The van der Waals surface area contributed by atoms with Crippen molar-refractivity contribution in [2.45, 2.75) is 39.5 Å². The fourth-order valence-electron chi connectivity index (χ4n) is 1.91. The van der Waals surface area contributed by atoms with E-state index in [2.05, 4.69) is 34.2 Å². The molecular weight excluding hydrogens is 252 g/mol. The summed E-state index contributed by atoms with van der Waals surface area (Å²) in [5, 5.41) is 7.39. The van der Waals surface area contributed by atoms with Gasteiger partial charge in [0.1, 0.15) is 0 Å². The maximum Gasteiger partial charge on any atom is 0.151 e. The van der Waals surface area contributed by atoms with Crippen LogP contribution in [0, 0.1) is 0 Å². The second-order valence-corrected chi connectivity index (χ2v) is 5.31. The van der Waals surface area contributed by atoms with Crippen LogP contribution in [0.2, 0.25) is 0 Å². The summed E-state index contributed by atoms with van der Waals surface area (Å²) in [6, 6.07) is 8.40. The first-order chi connectivity index (χ1) is 9.63. The highest BCUT2D eigenvalue weighted by molar-refractivity contribution is 5.06. The molecule has 0 aliphatic rings. The minimum atomic E-state index is 0.446. The normalized spacial score (nSPS) is 11.4. The van der Waals surface area contributed by atoms with E-state index in [-0.39, 0.29) is 0 Å². The molecule has 1 N–H and O–H groups in total. The lowest BCUT2D eigenvalue weighted by Crippen LogP contribution is -2.21. The van der Waals surface area contributed by atoms with Gasteiger partial charge in [0, 0.05) is 31.4 Å². The van der Waals surface area contributed by atoms with Gasteiger partial charge in [-0.15, -0.1) is 0 Å². The van der Waals surface area contributed by atoms with Gasteiger partial charge in [0.25, 0.3) is 0 Å². The number of hydrogen-bond donors (Lipinski definition) is 1. The first kappa shape index (κ1) is 14.7. The van der Waals surface area contributed by atoms with Crippen LogP contribution in [0.15, 0.2) is 35.0 Å². The van der Waals surface area contributed by atoms with E-state index in [1.165, 1.54) is 0 Å². The quantitative estimate of drug-likeness (QED) is 0.839. The van der Waals surface area contributed by atoms with Crippen molar-refractivity contribution >= 4 is 0 Å². The van der Waals surface area contributed by atoms with E-state index in [4.69, 9.17) is 4.52 Å². The maximum atomic E-state index is 5.35. The summed E-state index contributed by atoms with van der Waals surface area (Å²) in [7, 11) is 2.04. The van der Waals surface area contributed by atoms with E-state index < -0.39 is 0 Å². The van der Waals surface area contributed by atoms with Crippen molar-refractivity contribution in [1.29, 1.82) is 0 Å². The van der Waals surface area contributed by atoms with E-state index in [0.29, 0.717) is 6.04 Å². The predicted octanol–water partition coefficient (Wildman–Crippen LogP) is 2.20. The molecule has 2 rings (SSSR count). The van der Waals surface area contributed by atoms with E-state index in [1.807, 2.05) is 37.5 Å². The molecule has 0 aliphatic carbocycles. The smallest absolute Gasteiger partial charge is 0.151 e. The standard InChI is InChI=1S/C15H22N4O/c1-12(2)17-9-14-8-15(20-18-14)11-19(3)10-13-6-4-5-7-16-13/h4-8,12,17H,9-11H2,1-3H3. The van der Waals surface area contributed by atoms with Gasteiger partial charge >= 0.3 is 0 Å². The topological polar surface area (TPSA) is 54.2 Å². The fraction of sp³-hybridized carbons (Fsp3) is 0.467. The fourth-order valence-corrected chi connectivity index (χ4v) is 1.91. The van der Waals surface area contributed by atoms with Crippen LogP contribution in [-0.4, -0.2) is 28.1 Å². The van der Waals surface area contributed by atoms with Crippen LogP contribution in [0.3, 0.4) is 0 Å². The molecule has 20 heavy (non-hydrogen) atoms. The van der Waals surface area contributed by atoms with E-state index in [0.717, 1.165) is 36.8 Å². The Hall–Kier alpha value is -1.72. The summed E-state index contributed by atoms with van der Waals surface area (Å²) in [4.78, 5) is 6.47. The van der Waals surface area contributed by atoms with Crippen LogP contribution in [0.4, 0.5) is 0 Å². The van der Waals surface area contributed by atoms with Gasteiger partial charge in [0.05, 0.1) is 17.9 Å². The Morgan fingerprint density at radius 1 is 1.25 bits per heavy atom. The first-order valence-electron chi connectivity index (χ1n) is 6.90. The van der Waals surface area contributed by atoms with Crippen molar-refractivity contribution in [3.05, 3.63) is 47.6 Å². The summed E-state index contributed by atoms with van der Waals surface area (Å²) in [5.41, 5.74) is 2.00. The van der Waals surface area contributed by atoms with E-state index in [1.54, 1.807) is 0 Å². The van der Waals surface area contributed by atoms with Gasteiger partial charge < -0.3 is 9.84 Å². The van der Waals surface area contributed by atoms with Crippen molar-refractivity contribution in [1.82, 2.24) is 20.4 Å². The largest absolute Gasteiger partial charge is 0.360 e. The molecule has 5 heteroatoms. The molecule has 0 amide bonds. The summed E-state index contributed by atoms with van der Waals surface area (Å²) in [6.07, 6.45) is 1.81. The summed E-state index contributed by atoms with van der Waals surface area (Å²) in [5.74, 6) is 0.879. The average Bonchev–Trinajstić information content (AvgIpc) is 2.85. The van der Waals surface area contributed by atoms with Crippen LogP contribution in [0.25, 0.3) is 0 Å². The minimum absolute atomic E-state index is 0.446. The molecule has 0 saturated carbocycles. The highest BCUT2D eigenvalue weighted by Gasteiger charge is 2.08.